The molecule has 1 aromatic heterocycles. The number of ketones is 1. The summed E-state index contributed by atoms with van der Waals surface area (Å²) in [6.07, 6.45) is 0. The molecule has 2 aromatic rings. The Kier molecular flexibility index (Phi) is 2.41. The molecule has 2 nitrogen and oxygen atoms in total. The normalized spacial score (nSPS) is 10.1. The third kappa shape index (κ3) is 1.72. The standard InChI is InChI=1S/C11H9NOS/c1-8(13)11-7-10(12-14-11)9-5-3-2-4-6-9/h2-7H,1H3. The van der Waals surface area contributed by atoms with Crippen molar-refractivity contribution >= 4 is 17.3 Å². The Morgan fingerprint density at radius 1 is 1.29 bits per heavy atom. The molecule has 0 radical (unpaired) electrons. The summed E-state index contributed by atoms with van der Waals surface area (Å²) in [6, 6.07) is 11.7. The maximum atomic E-state index is 11.1. The predicted molar refractivity (Wildman–Crippen MR) is 57.6 cm³/mol. The smallest absolute Gasteiger partial charge is 0.171 e. The largest absolute Gasteiger partial charge is 0.294 e. The van der Waals surface area contributed by atoms with E-state index in [2.05, 4.69) is 4.37 Å². The summed E-state index contributed by atoms with van der Waals surface area (Å²) in [5.74, 6) is 0.0738. The summed E-state index contributed by atoms with van der Waals surface area (Å²) >= 11 is 1.25. The molecular formula is C11H9NOS. The Hall–Kier alpha value is -1.48. The van der Waals surface area contributed by atoms with Crippen molar-refractivity contribution in [3.8, 4) is 11.3 Å². The van der Waals surface area contributed by atoms with Gasteiger partial charge in [-0.1, -0.05) is 30.3 Å². The monoisotopic (exact) mass is 203 g/mol. The topological polar surface area (TPSA) is 30.0 Å². The lowest BCUT2D eigenvalue weighted by atomic mass is 10.1. The van der Waals surface area contributed by atoms with E-state index in [0.717, 1.165) is 11.3 Å². The Bertz CT molecular complexity index is 447. The maximum Gasteiger partial charge on any atom is 0.171 e. The van der Waals surface area contributed by atoms with Gasteiger partial charge in [-0.05, 0) is 17.6 Å². The fourth-order valence-electron chi connectivity index (χ4n) is 1.19. The van der Waals surface area contributed by atoms with Gasteiger partial charge in [-0.25, -0.2) is 0 Å². The third-order valence-corrected chi connectivity index (χ3v) is 2.82. The molecule has 0 N–H and O–H groups in total. The Labute approximate surface area is 86.4 Å². The van der Waals surface area contributed by atoms with Gasteiger partial charge in [-0.3, -0.25) is 4.79 Å². The SMILES string of the molecule is CC(=O)c1cc(-c2ccccc2)ns1. The van der Waals surface area contributed by atoms with Gasteiger partial charge >= 0.3 is 0 Å². The van der Waals surface area contributed by atoms with Gasteiger partial charge in [0.15, 0.2) is 5.78 Å². The van der Waals surface area contributed by atoms with Crippen LogP contribution >= 0.6 is 11.5 Å². The van der Waals surface area contributed by atoms with E-state index in [1.54, 1.807) is 6.92 Å². The Morgan fingerprint density at radius 3 is 2.57 bits per heavy atom. The molecule has 0 spiro atoms. The first-order valence-electron chi connectivity index (χ1n) is 4.30. The van der Waals surface area contributed by atoms with E-state index in [1.165, 1.54) is 11.5 Å². The first kappa shape index (κ1) is 9.09. The van der Waals surface area contributed by atoms with Crippen LogP contribution in [0.1, 0.15) is 16.6 Å². The van der Waals surface area contributed by atoms with Crippen molar-refractivity contribution in [1.82, 2.24) is 4.37 Å². The molecule has 0 saturated heterocycles. The molecule has 0 saturated carbocycles. The second kappa shape index (κ2) is 3.72. The van der Waals surface area contributed by atoms with E-state index < -0.39 is 0 Å². The van der Waals surface area contributed by atoms with Gasteiger partial charge in [0.1, 0.15) is 0 Å². The average molecular weight is 203 g/mol. The van der Waals surface area contributed by atoms with Crippen molar-refractivity contribution in [2.75, 3.05) is 0 Å². The van der Waals surface area contributed by atoms with Crippen LogP contribution in [0.2, 0.25) is 0 Å². The molecule has 0 aliphatic rings. The van der Waals surface area contributed by atoms with E-state index in [0.29, 0.717) is 4.88 Å². The van der Waals surface area contributed by atoms with E-state index in [-0.39, 0.29) is 5.78 Å². The number of benzene rings is 1. The molecule has 14 heavy (non-hydrogen) atoms. The van der Waals surface area contributed by atoms with Crippen molar-refractivity contribution in [2.24, 2.45) is 0 Å². The van der Waals surface area contributed by atoms with Crippen molar-refractivity contribution in [2.45, 2.75) is 6.92 Å². The van der Waals surface area contributed by atoms with Gasteiger partial charge in [0.25, 0.3) is 0 Å². The minimum absolute atomic E-state index is 0.0738. The minimum atomic E-state index is 0.0738. The highest BCUT2D eigenvalue weighted by atomic mass is 32.1. The lowest BCUT2D eigenvalue weighted by molar-refractivity contribution is 0.102. The van der Waals surface area contributed by atoms with Crippen molar-refractivity contribution < 1.29 is 4.79 Å². The van der Waals surface area contributed by atoms with Crippen LogP contribution in [0.25, 0.3) is 11.3 Å². The molecule has 1 aromatic carbocycles. The summed E-state index contributed by atoms with van der Waals surface area (Å²) in [5.41, 5.74) is 1.93. The fourth-order valence-corrected chi connectivity index (χ4v) is 1.83. The summed E-state index contributed by atoms with van der Waals surface area (Å²) in [7, 11) is 0. The van der Waals surface area contributed by atoms with Crippen molar-refractivity contribution in [1.29, 1.82) is 0 Å². The first-order chi connectivity index (χ1) is 6.77. The number of hydrogen-bond acceptors (Lipinski definition) is 3. The molecule has 0 atom stereocenters. The number of rotatable bonds is 2. The molecule has 0 aliphatic carbocycles. The van der Waals surface area contributed by atoms with Crippen LogP contribution in [0.15, 0.2) is 36.4 Å². The first-order valence-corrected chi connectivity index (χ1v) is 5.08. The van der Waals surface area contributed by atoms with Gasteiger partial charge in [0, 0.05) is 12.5 Å². The zero-order valence-electron chi connectivity index (χ0n) is 7.73. The highest BCUT2D eigenvalue weighted by Crippen LogP contribution is 2.21. The summed E-state index contributed by atoms with van der Waals surface area (Å²) in [6.45, 7) is 1.56. The number of aromatic nitrogens is 1. The predicted octanol–water partition coefficient (Wildman–Crippen LogP) is 3.01. The molecule has 0 unspecified atom stereocenters. The van der Waals surface area contributed by atoms with Crippen LogP contribution in [0.3, 0.4) is 0 Å². The lowest BCUT2D eigenvalue weighted by Gasteiger charge is -1.92. The molecule has 0 fully saturated rings. The van der Waals surface area contributed by atoms with Gasteiger partial charge in [0.05, 0.1) is 10.6 Å². The van der Waals surface area contributed by atoms with Gasteiger partial charge in [0.2, 0.25) is 0 Å². The van der Waals surface area contributed by atoms with Crippen LogP contribution in [0.5, 0.6) is 0 Å². The van der Waals surface area contributed by atoms with Crippen molar-refractivity contribution in [3.05, 3.63) is 41.3 Å². The number of nitrogens with zero attached hydrogens (tertiary/aromatic N) is 1. The molecule has 0 aliphatic heterocycles. The highest BCUT2D eigenvalue weighted by Gasteiger charge is 2.06. The number of Topliss-reactive ketones (excluding diaryl/α,β-unsaturated/α-hetero) is 1. The van der Waals surface area contributed by atoms with Gasteiger partial charge < -0.3 is 0 Å². The van der Waals surface area contributed by atoms with Gasteiger partial charge in [-0.15, -0.1) is 0 Å². The summed E-state index contributed by atoms with van der Waals surface area (Å²) < 4.78 is 4.23. The summed E-state index contributed by atoms with van der Waals surface area (Å²) in [4.78, 5) is 11.8. The number of hydrogen-bond donors (Lipinski definition) is 0. The summed E-state index contributed by atoms with van der Waals surface area (Å²) in [5, 5.41) is 0. The molecule has 70 valence electrons. The van der Waals surface area contributed by atoms with E-state index in [9.17, 15) is 4.79 Å². The average Bonchev–Trinajstić information content (AvgIpc) is 2.68. The number of carbonyl (C=O) groups is 1. The molecule has 0 bridgehead atoms. The van der Waals surface area contributed by atoms with Crippen LogP contribution in [-0.4, -0.2) is 10.2 Å². The molecule has 3 heteroatoms. The van der Waals surface area contributed by atoms with E-state index in [1.807, 2.05) is 36.4 Å². The van der Waals surface area contributed by atoms with Crippen LogP contribution in [0, 0.1) is 0 Å². The van der Waals surface area contributed by atoms with E-state index in [4.69, 9.17) is 0 Å². The number of carbonyl (C=O) groups excluding carboxylic acids is 1. The lowest BCUT2D eigenvalue weighted by Crippen LogP contribution is -1.84. The van der Waals surface area contributed by atoms with Crippen molar-refractivity contribution in [3.63, 3.8) is 0 Å². The quantitative estimate of drug-likeness (QED) is 0.702. The molecule has 1 heterocycles. The second-order valence-electron chi connectivity index (χ2n) is 3.00. The Balaban J connectivity index is 2.39. The minimum Gasteiger partial charge on any atom is -0.294 e. The van der Waals surface area contributed by atoms with E-state index >= 15 is 0 Å². The molecule has 0 amide bonds. The van der Waals surface area contributed by atoms with Crippen LogP contribution in [0.4, 0.5) is 0 Å². The molecule has 2 rings (SSSR count). The third-order valence-electron chi connectivity index (χ3n) is 1.93. The zero-order chi connectivity index (χ0) is 9.97. The van der Waals surface area contributed by atoms with Crippen LogP contribution in [-0.2, 0) is 0 Å². The van der Waals surface area contributed by atoms with Gasteiger partial charge in [-0.2, -0.15) is 4.37 Å². The highest BCUT2D eigenvalue weighted by molar-refractivity contribution is 7.08. The fraction of sp³-hybridized carbons (Fsp3) is 0.0909. The second-order valence-corrected chi connectivity index (χ2v) is 3.80. The zero-order valence-corrected chi connectivity index (χ0v) is 8.54. The molecular weight excluding hydrogens is 194 g/mol. The maximum absolute atomic E-state index is 11.1. The van der Waals surface area contributed by atoms with Crippen LogP contribution < -0.4 is 0 Å². The Morgan fingerprint density at radius 2 is 2.00 bits per heavy atom.